The number of aliphatic hydroxyl groups is 4. The van der Waals surface area contributed by atoms with Crippen LogP contribution in [0.5, 0.6) is 0 Å². The molecule has 2 aliphatic heterocycles. The predicted octanol–water partition coefficient (Wildman–Crippen LogP) is -2.48. The molecule has 2 aliphatic rings. The van der Waals surface area contributed by atoms with Gasteiger partial charge in [-0.05, 0) is 6.42 Å². The van der Waals surface area contributed by atoms with Crippen LogP contribution in [0.3, 0.4) is 0 Å². The Hall–Kier alpha value is -2.69. The molecule has 0 amide bonds. The van der Waals surface area contributed by atoms with Crippen molar-refractivity contribution in [2.45, 2.75) is 68.4 Å². The van der Waals surface area contributed by atoms with Crippen molar-refractivity contribution in [3.05, 3.63) is 12.7 Å². The first-order valence-electron chi connectivity index (χ1n) is 12.6. The monoisotopic (exact) mass is 673 g/mol. The Morgan fingerprint density at radius 3 is 2.25 bits per heavy atom. The number of carboxylic acids is 1. The van der Waals surface area contributed by atoms with E-state index in [0.717, 1.165) is 6.33 Å². The minimum Gasteiger partial charge on any atom is -0.481 e. The van der Waals surface area contributed by atoms with Crippen molar-refractivity contribution in [2.24, 2.45) is 0 Å². The van der Waals surface area contributed by atoms with Crippen molar-refractivity contribution < 1.29 is 81.6 Å². The molecule has 22 nitrogen and oxygen atoms in total. The number of carbonyl (C=O) groups is 2. The first-order chi connectivity index (χ1) is 20.6. The van der Waals surface area contributed by atoms with Crippen LogP contribution in [0.4, 0.5) is 5.82 Å². The minimum atomic E-state index is -5.45. The van der Waals surface area contributed by atoms with Crippen LogP contribution in [-0.4, -0.2) is 123 Å². The number of fused-ring (bicyclic) bond motifs is 1. The highest BCUT2D eigenvalue weighted by atomic mass is 31.3. The fourth-order valence-corrected chi connectivity index (χ4v) is 6.35. The Labute approximate surface area is 246 Å². The quantitative estimate of drug-likeness (QED) is 0.0760. The Bertz CT molecular complexity index is 1440. The molecule has 0 radical (unpaired) electrons. The van der Waals surface area contributed by atoms with Gasteiger partial charge in [-0.25, -0.2) is 24.1 Å². The number of ether oxygens (including phenoxy) is 3. The smallest absolute Gasteiger partial charge is 0.481 e. The van der Waals surface area contributed by atoms with E-state index in [9.17, 15) is 48.9 Å². The molecule has 4 rings (SSSR count). The zero-order chi connectivity index (χ0) is 32.4. The first-order valence-corrected chi connectivity index (χ1v) is 15.6. The Kier molecular flexibility index (Phi) is 10.7. The Balaban J connectivity index is 1.30. The molecule has 2 saturated heterocycles. The average Bonchev–Trinajstić information content (AvgIpc) is 3.56. The third-order valence-electron chi connectivity index (χ3n) is 6.36. The van der Waals surface area contributed by atoms with E-state index < -0.39 is 89.9 Å². The van der Waals surface area contributed by atoms with Crippen LogP contribution >= 0.6 is 15.6 Å². The molecule has 246 valence electrons. The van der Waals surface area contributed by atoms with Crippen LogP contribution in [0.25, 0.3) is 11.2 Å². The summed E-state index contributed by atoms with van der Waals surface area (Å²) in [4.78, 5) is 54.3. The lowest BCUT2D eigenvalue weighted by Crippen LogP contribution is -2.38. The number of carboxylic acid groups (broad SMARTS) is 1. The van der Waals surface area contributed by atoms with E-state index in [1.165, 1.54) is 10.9 Å². The van der Waals surface area contributed by atoms with Crippen LogP contribution < -0.4 is 5.73 Å². The third-order valence-corrected chi connectivity index (χ3v) is 8.96. The number of carbonyl (C=O) groups excluding carboxylic acids is 1. The van der Waals surface area contributed by atoms with E-state index >= 15 is 0 Å². The van der Waals surface area contributed by atoms with Gasteiger partial charge in [-0.2, -0.15) is 4.31 Å². The lowest BCUT2D eigenvalue weighted by Gasteiger charge is -2.22. The third kappa shape index (κ3) is 8.12. The molecular formula is C20H29N5O17P2. The van der Waals surface area contributed by atoms with Gasteiger partial charge in [0.2, 0.25) is 0 Å². The van der Waals surface area contributed by atoms with Crippen LogP contribution in [0, 0.1) is 0 Å². The molecule has 9 N–H and O–H groups in total. The average molecular weight is 673 g/mol. The number of aliphatic carboxylic acids is 1. The number of hydrogen-bond donors (Lipinski definition) is 8. The zero-order valence-electron chi connectivity index (χ0n) is 22.3. The van der Waals surface area contributed by atoms with Gasteiger partial charge in [-0.15, -0.1) is 0 Å². The summed E-state index contributed by atoms with van der Waals surface area (Å²) in [6.45, 7) is -1.95. The molecule has 10 atom stereocenters. The number of nitrogens with zero attached hydrogens (tertiary/aromatic N) is 4. The molecule has 0 aliphatic carbocycles. The van der Waals surface area contributed by atoms with Crippen LogP contribution in [0.2, 0.25) is 0 Å². The molecule has 44 heavy (non-hydrogen) atoms. The second-order valence-electron chi connectivity index (χ2n) is 9.50. The van der Waals surface area contributed by atoms with Crippen LogP contribution in [0.1, 0.15) is 25.5 Å². The van der Waals surface area contributed by atoms with Gasteiger partial charge < -0.3 is 55.3 Å². The van der Waals surface area contributed by atoms with Crippen molar-refractivity contribution in [3.63, 3.8) is 0 Å². The molecule has 2 aromatic rings. The summed E-state index contributed by atoms with van der Waals surface area (Å²) >= 11 is 0. The second-order valence-corrected chi connectivity index (χ2v) is 12.5. The van der Waals surface area contributed by atoms with Crippen molar-refractivity contribution in [3.8, 4) is 0 Å². The standard InChI is InChI=1S/C20H29N5O17P2/c21-17-12-18(23-6-22-17)25(7-24-12)19-14(30)13(29)8(39-19)4-37-43(33,34)42-44(35,36)38-5-9-16(15(31)20(32)40-9)41-11(28)3-1-2-10(26)27/h6-9,13-16,19-20,29-32H,1-5H2,(H,26,27)(H,33,34)(H,35,36)(H2,21,22,23)/t8-,9-,13-,14-,15-,16-,19-,20?/m1/s1. The lowest BCUT2D eigenvalue weighted by atomic mass is 10.1. The summed E-state index contributed by atoms with van der Waals surface area (Å²) in [6, 6.07) is 0. The molecule has 0 saturated carbocycles. The van der Waals surface area contributed by atoms with Crippen LogP contribution in [-0.2, 0) is 46.3 Å². The van der Waals surface area contributed by atoms with Gasteiger partial charge in [0.15, 0.2) is 30.1 Å². The SMILES string of the molecule is Nc1ncnc2c1ncn2[C@@H]1O[C@H](COP(=O)(O)OP(=O)(O)OC[C@H]2OC(O)[C@H](O)[C@@H]2OC(=O)CCCC(=O)O)[C@@H](O)[C@H]1O. The van der Waals surface area contributed by atoms with Gasteiger partial charge in [0.05, 0.1) is 19.5 Å². The molecule has 0 bridgehead atoms. The number of imidazole rings is 1. The van der Waals surface area contributed by atoms with Gasteiger partial charge >= 0.3 is 27.6 Å². The number of aromatic nitrogens is 4. The summed E-state index contributed by atoms with van der Waals surface area (Å²) in [5.74, 6) is -2.10. The first kappa shape index (κ1) is 34.2. The molecule has 2 fully saturated rings. The molecule has 0 aromatic carbocycles. The molecular weight excluding hydrogens is 644 g/mol. The summed E-state index contributed by atoms with van der Waals surface area (Å²) in [7, 11) is -10.9. The minimum absolute atomic E-state index is 0.0343. The van der Waals surface area contributed by atoms with E-state index in [2.05, 4.69) is 28.3 Å². The van der Waals surface area contributed by atoms with E-state index in [-0.39, 0.29) is 36.2 Å². The van der Waals surface area contributed by atoms with Crippen molar-refractivity contribution in [2.75, 3.05) is 18.9 Å². The summed E-state index contributed by atoms with van der Waals surface area (Å²) < 4.78 is 54.9. The van der Waals surface area contributed by atoms with Gasteiger partial charge in [0.25, 0.3) is 0 Å². The number of hydrogen-bond acceptors (Lipinski definition) is 18. The number of phosphoric ester groups is 2. The van der Waals surface area contributed by atoms with Gasteiger partial charge in [-0.1, -0.05) is 0 Å². The summed E-state index contributed by atoms with van der Waals surface area (Å²) in [5.41, 5.74) is 6.05. The van der Waals surface area contributed by atoms with Crippen molar-refractivity contribution in [1.82, 2.24) is 19.5 Å². The topological polar surface area (TPSA) is 335 Å². The van der Waals surface area contributed by atoms with Gasteiger partial charge in [-0.3, -0.25) is 23.2 Å². The Morgan fingerprint density at radius 2 is 1.59 bits per heavy atom. The number of rotatable bonds is 14. The highest BCUT2D eigenvalue weighted by Crippen LogP contribution is 2.60. The maximum Gasteiger partial charge on any atom is 0.481 e. The van der Waals surface area contributed by atoms with Crippen molar-refractivity contribution in [1.29, 1.82) is 0 Å². The van der Waals surface area contributed by atoms with Gasteiger partial charge in [0, 0.05) is 12.8 Å². The number of nitrogen functional groups attached to an aromatic ring is 1. The predicted molar refractivity (Wildman–Crippen MR) is 137 cm³/mol. The number of nitrogens with two attached hydrogens (primary N) is 1. The highest BCUT2D eigenvalue weighted by molar-refractivity contribution is 7.61. The van der Waals surface area contributed by atoms with E-state index in [1.54, 1.807) is 0 Å². The molecule has 3 unspecified atom stereocenters. The summed E-state index contributed by atoms with van der Waals surface area (Å²) in [6.07, 6.45) is -11.5. The van der Waals surface area contributed by atoms with E-state index in [1.807, 2.05) is 0 Å². The molecule has 0 spiro atoms. The second kappa shape index (κ2) is 13.7. The van der Waals surface area contributed by atoms with E-state index in [0.29, 0.717) is 0 Å². The largest absolute Gasteiger partial charge is 0.481 e. The number of aliphatic hydroxyl groups excluding tert-OH is 4. The number of esters is 1. The zero-order valence-corrected chi connectivity index (χ0v) is 24.1. The maximum atomic E-state index is 12.4. The molecule has 24 heteroatoms. The van der Waals surface area contributed by atoms with Crippen LogP contribution in [0.15, 0.2) is 12.7 Å². The Morgan fingerprint density at radius 1 is 0.932 bits per heavy atom. The van der Waals surface area contributed by atoms with E-state index in [4.69, 9.17) is 25.1 Å². The van der Waals surface area contributed by atoms with Gasteiger partial charge in [0.1, 0.15) is 42.4 Å². The molecule has 4 heterocycles. The lowest BCUT2D eigenvalue weighted by molar-refractivity contribution is -0.156. The fraction of sp³-hybridized carbons (Fsp3) is 0.650. The number of phosphoric acid groups is 2. The summed E-state index contributed by atoms with van der Waals surface area (Å²) in [5, 5.41) is 49.3. The highest BCUT2D eigenvalue weighted by Gasteiger charge is 2.48. The number of anilines is 1. The maximum absolute atomic E-state index is 12.4. The molecule has 2 aromatic heterocycles. The normalized spacial score (nSPS) is 31.5. The van der Waals surface area contributed by atoms with Crippen molar-refractivity contribution >= 4 is 44.6 Å². The fourth-order valence-electron chi connectivity index (χ4n) is 4.26.